The molecule has 1 fully saturated rings. The maximum Gasteiger partial charge on any atom is 0.258 e. The number of carbonyl (C=O) groups is 1. The van der Waals surface area contributed by atoms with Crippen LogP contribution >= 0.6 is 0 Å². The van der Waals surface area contributed by atoms with E-state index in [1.165, 1.54) is 17.5 Å². The summed E-state index contributed by atoms with van der Waals surface area (Å²) >= 11 is 0. The second kappa shape index (κ2) is 7.80. The van der Waals surface area contributed by atoms with E-state index in [0.29, 0.717) is 25.2 Å². The number of carbonyl (C=O) groups excluding carboxylic acids is 1. The van der Waals surface area contributed by atoms with Gasteiger partial charge in [-0.15, -0.1) is 0 Å². The van der Waals surface area contributed by atoms with E-state index < -0.39 is 10.0 Å². The van der Waals surface area contributed by atoms with Gasteiger partial charge in [-0.05, 0) is 61.9 Å². The number of amides is 1. The van der Waals surface area contributed by atoms with Crippen molar-refractivity contribution in [2.45, 2.75) is 37.5 Å². The monoisotopic (exact) mass is 414 g/mol. The molecule has 0 saturated carbocycles. The Morgan fingerprint density at radius 1 is 1.03 bits per heavy atom. The molecule has 2 aliphatic rings. The van der Waals surface area contributed by atoms with Crippen LogP contribution in [0.2, 0.25) is 0 Å². The minimum Gasteiger partial charge on any atom is -0.495 e. The molecule has 0 N–H and O–H groups in total. The topological polar surface area (TPSA) is 66.9 Å². The lowest BCUT2D eigenvalue weighted by molar-refractivity contribution is 0.0984. The fourth-order valence-electron chi connectivity index (χ4n) is 4.28. The molecule has 7 heteroatoms. The van der Waals surface area contributed by atoms with Gasteiger partial charge in [0.1, 0.15) is 10.6 Å². The minimum atomic E-state index is -3.70. The molecule has 0 unspecified atom stereocenters. The fraction of sp³-hybridized carbons (Fsp3) is 0.409. The highest BCUT2D eigenvalue weighted by Gasteiger charge is 2.32. The second-order valence-corrected chi connectivity index (χ2v) is 9.53. The molecule has 1 saturated heterocycles. The maximum atomic E-state index is 13.4. The van der Waals surface area contributed by atoms with Crippen LogP contribution in [0.1, 0.15) is 40.7 Å². The number of methoxy groups -OCH3 is 1. The van der Waals surface area contributed by atoms with Gasteiger partial charge >= 0.3 is 0 Å². The molecule has 2 heterocycles. The van der Waals surface area contributed by atoms with Crippen molar-refractivity contribution in [3.05, 3.63) is 53.1 Å². The highest BCUT2D eigenvalue weighted by Crippen LogP contribution is 2.34. The van der Waals surface area contributed by atoms with Crippen molar-refractivity contribution in [2.24, 2.45) is 0 Å². The molecular formula is C22H26N2O4S. The number of benzene rings is 2. The summed E-state index contributed by atoms with van der Waals surface area (Å²) < 4.78 is 33.1. The Hall–Kier alpha value is -2.38. The number of fused-ring (bicyclic) bond motifs is 1. The fourth-order valence-corrected chi connectivity index (χ4v) is 5.98. The first-order valence-corrected chi connectivity index (χ1v) is 11.5. The lowest BCUT2D eigenvalue weighted by Crippen LogP contribution is -2.36. The van der Waals surface area contributed by atoms with E-state index in [-0.39, 0.29) is 16.6 Å². The SMILES string of the molecule is COc1ccc(C(=O)N2CCCc3cccc(C)c32)cc1S(=O)(=O)N1CCCC1. The standard InChI is InChI=1S/C22H26N2O4S/c1-16-7-5-8-17-9-6-14-24(21(16)17)22(25)18-10-11-19(28-2)20(15-18)29(26,27)23-12-3-4-13-23/h5,7-8,10-11,15H,3-4,6,9,12-14H2,1-2H3. The van der Waals surface area contributed by atoms with Crippen LogP contribution in [-0.4, -0.2) is 45.4 Å². The molecule has 2 aliphatic heterocycles. The van der Waals surface area contributed by atoms with Crippen molar-refractivity contribution in [1.82, 2.24) is 4.31 Å². The Kier molecular flexibility index (Phi) is 5.36. The van der Waals surface area contributed by atoms with Crippen LogP contribution in [-0.2, 0) is 16.4 Å². The van der Waals surface area contributed by atoms with Crippen molar-refractivity contribution in [2.75, 3.05) is 31.6 Å². The molecule has 0 aromatic heterocycles. The zero-order valence-corrected chi connectivity index (χ0v) is 17.7. The number of para-hydroxylation sites is 1. The second-order valence-electron chi connectivity index (χ2n) is 7.62. The molecule has 2 aromatic carbocycles. The Balaban J connectivity index is 1.75. The Morgan fingerprint density at radius 2 is 1.79 bits per heavy atom. The molecular weight excluding hydrogens is 388 g/mol. The molecule has 0 atom stereocenters. The molecule has 6 nitrogen and oxygen atoms in total. The summed E-state index contributed by atoms with van der Waals surface area (Å²) in [7, 11) is -2.25. The maximum absolute atomic E-state index is 13.4. The summed E-state index contributed by atoms with van der Waals surface area (Å²) in [4.78, 5) is 15.2. The predicted octanol–water partition coefficient (Wildman–Crippen LogP) is 3.38. The molecule has 0 aliphatic carbocycles. The molecule has 0 radical (unpaired) electrons. The highest BCUT2D eigenvalue weighted by molar-refractivity contribution is 7.89. The number of ether oxygens (including phenoxy) is 1. The number of hydrogen-bond donors (Lipinski definition) is 0. The van der Waals surface area contributed by atoms with Crippen molar-refractivity contribution in [1.29, 1.82) is 0 Å². The number of hydrogen-bond acceptors (Lipinski definition) is 4. The van der Waals surface area contributed by atoms with Crippen molar-refractivity contribution in [3.8, 4) is 5.75 Å². The third-order valence-corrected chi connectivity index (χ3v) is 7.68. The first-order chi connectivity index (χ1) is 13.9. The van der Waals surface area contributed by atoms with E-state index in [0.717, 1.165) is 42.5 Å². The summed E-state index contributed by atoms with van der Waals surface area (Å²) in [5, 5.41) is 0. The van der Waals surface area contributed by atoms with Gasteiger partial charge in [0.2, 0.25) is 10.0 Å². The zero-order valence-electron chi connectivity index (χ0n) is 16.8. The van der Waals surface area contributed by atoms with E-state index in [2.05, 4.69) is 6.07 Å². The van der Waals surface area contributed by atoms with Gasteiger partial charge in [-0.2, -0.15) is 4.31 Å². The summed E-state index contributed by atoms with van der Waals surface area (Å²) in [6.07, 6.45) is 3.53. The predicted molar refractivity (Wildman–Crippen MR) is 112 cm³/mol. The minimum absolute atomic E-state index is 0.0646. The third kappa shape index (κ3) is 3.53. The van der Waals surface area contributed by atoms with Crippen LogP contribution in [0.5, 0.6) is 5.75 Å². The summed E-state index contributed by atoms with van der Waals surface area (Å²) in [6, 6.07) is 10.8. The van der Waals surface area contributed by atoms with E-state index in [1.54, 1.807) is 17.0 Å². The van der Waals surface area contributed by atoms with Crippen LogP contribution in [0, 0.1) is 6.92 Å². The number of aryl methyl sites for hydroxylation is 2. The molecule has 1 amide bonds. The van der Waals surface area contributed by atoms with Gasteiger partial charge in [0.25, 0.3) is 5.91 Å². The van der Waals surface area contributed by atoms with Crippen LogP contribution in [0.4, 0.5) is 5.69 Å². The number of sulfonamides is 1. The van der Waals surface area contributed by atoms with Gasteiger partial charge in [-0.1, -0.05) is 18.2 Å². The highest BCUT2D eigenvalue weighted by atomic mass is 32.2. The van der Waals surface area contributed by atoms with Crippen LogP contribution in [0.25, 0.3) is 0 Å². The van der Waals surface area contributed by atoms with Gasteiger partial charge in [0, 0.05) is 25.2 Å². The molecule has 4 rings (SSSR count). The summed E-state index contributed by atoms with van der Waals surface area (Å²) in [5.74, 6) is 0.0875. The number of nitrogens with zero attached hydrogens (tertiary/aromatic N) is 2. The lowest BCUT2D eigenvalue weighted by atomic mass is 9.97. The van der Waals surface area contributed by atoms with Crippen LogP contribution in [0.3, 0.4) is 0 Å². The molecule has 154 valence electrons. The molecule has 29 heavy (non-hydrogen) atoms. The summed E-state index contributed by atoms with van der Waals surface area (Å²) in [5.41, 5.74) is 3.51. The van der Waals surface area contributed by atoms with Crippen LogP contribution < -0.4 is 9.64 Å². The number of anilines is 1. The van der Waals surface area contributed by atoms with Gasteiger partial charge in [0.05, 0.1) is 12.8 Å². The van der Waals surface area contributed by atoms with Gasteiger partial charge in [-0.25, -0.2) is 8.42 Å². The first-order valence-electron chi connectivity index (χ1n) is 10.0. The van der Waals surface area contributed by atoms with Crippen molar-refractivity contribution < 1.29 is 17.9 Å². The molecule has 2 aromatic rings. The van der Waals surface area contributed by atoms with E-state index in [9.17, 15) is 13.2 Å². The normalized spacial score (nSPS) is 17.2. The molecule has 0 bridgehead atoms. The first kappa shape index (κ1) is 19.9. The van der Waals surface area contributed by atoms with Crippen LogP contribution in [0.15, 0.2) is 41.3 Å². The third-order valence-electron chi connectivity index (χ3n) is 5.76. The lowest BCUT2D eigenvalue weighted by Gasteiger charge is -2.31. The quantitative estimate of drug-likeness (QED) is 0.769. The zero-order chi connectivity index (χ0) is 20.6. The van der Waals surface area contributed by atoms with Crippen molar-refractivity contribution >= 4 is 21.6 Å². The van der Waals surface area contributed by atoms with Gasteiger partial charge in [-0.3, -0.25) is 4.79 Å². The molecule has 0 spiro atoms. The smallest absolute Gasteiger partial charge is 0.258 e. The average molecular weight is 415 g/mol. The van der Waals surface area contributed by atoms with E-state index in [1.807, 2.05) is 19.1 Å². The summed E-state index contributed by atoms with van der Waals surface area (Å²) in [6.45, 7) is 3.63. The Bertz CT molecular complexity index is 1040. The average Bonchev–Trinajstić information content (AvgIpc) is 3.28. The number of rotatable bonds is 4. The van der Waals surface area contributed by atoms with Crippen molar-refractivity contribution in [3.63, 3.8) is 0 Å². The Labute approximate surface area is 172 Å². The van der Waals surface area contributed by atoms with E-state index >= 15 is 0 Å². The van der Waals surface area contributed by atoms with Gasteiger partial charge < -0.3 is 9.64 Å². The van der Waals surface area contributed by atoms with E-state index in [4.69, 9.17) is 4.74 Å². The Morgan fingerprint density at radius 3 is 2.52 bits per heavy atom. The van der Waals surface area contributed by atoms with Gasteiger partial charge in [0.15, 0.2) is 0 Å². The largest absolute Gasteiger partial charge is 0.495 e.